The van der Waals surface area contributed by atoms with Crippen molar-refractivity contribution in [3.05, 3.63) is 28.2 Å². The smallest absolute Gasteiger partial charge is 0.139 e. The van der Waals surface area contributed by atoms with Gasteiger partial charge in [0.05, 0.1) is 21.5 Å². The highest BCUT2D eigenvalue weighted by Gasteiger charge is 2.11. The lowest BCUT2D eigenvalue weighted by atomic mass is 10.3. The number of imidazole rings is 1. The molecular weight excluding hydrogens is 273 g/mol. The molecule has 0 bridgehead atoms. The number of H-pyrrole nitrogens is 1. The fourth-order valence-corrected chi connectivity index (χ4v) is 1.96. The third-order valence-electron chi connectivity index (χ3n) is 2.46. The number of halogens is 2. The molecule has 86 valence electrons. The van der Waals surface area contributed by atoms with Gasteiger partial charge in [-0.3, -0.25) is 0 Å². The number of hydrogen-bond donors (Lipinski definition) is 2. The average molecular weight is 286 g/mol. The Balaban J connectivity index is 2.43. The van der Waals surface area contributed by atoms with E-state index in [9.17, 15) is 4.39 Å². The molecule has 1 atom stereocenters. The van der Waals surface area contributed by atoms with Crippen LogP contribution in [-0.2, 0) is 0 Å². The van der Waals surface area contributed by atoms with E-state index in [1.165, 1.54) is 6.07 Å². The third kappa shape index (κ3) is 2.10. The minimum atomic E-state index is -0.279. The molecular formula is C11H13BrFN3. The fraction of sp³-hybridized carbons (Fsp3) is 0.364. The minimum Gasteiger partial charge on any atom is -0.341 e. The normalized spacial score (nSPS) is 13.2. The Morgan fingerprint density at radius 2 is 2.31 bits per heavy atom. The first-order valence-electron chi connectivity index (χ1n) is 5.20. The fourth-order valence-electron chi connectivity index (χ4n) is 1.63. The van der Waals surface area contributed by atoms with Gasteiger partial charge in [-0.25, -0.2) is 9.37 Å². The summed E-state index contributed by atoms with van der Waals surface area (Å²) in [4.78, 5) is 7.53. The van der Waals surface area contributed by atoms with Crippen LogP contribution in [0.2, 0.25) is 0 Å². The zero-order chi connectivity index (χ0) is 11.7. The Labute approximate surface area is 102 Å². The molecule has 1 aromatic carbocycles. The number of benzene rings is 1. The summed E-state index contributed by atoms with van der Waals surface area (Å²) in [6.45, 7) is 4.93. The number of rotatable bonds is 3. The van der Waals surface area contributed by atoms with Gasteiger partial charge < -0.3 is 10.3 Å². The van der Waals surface area contributed by atoms with Crippen LogP contribution in [0.3, 0.4) is 0 Å². The van der Waals surface area contributed by atoms with E-state index in [1.54, 1.807) is 6.07 Å². The topological polar surface area (TPSA) is 40.7 Å². The van der Waals surface area contributed by atoms with Crippen molar-refractivity contribution in [2.75, 3.05) is 6.54 Å². The van der Waals surface area contributed by atoms with Gasteiger partial charge in [0.1, 0.15) is 11.6 Å². The van der Waals surface area contributed by atoms with Gasteiger partial charge in [-0.15, -0.1) is 0 Å². The van der Waals surface area contributed by atoms with E-state index < -0.39 is 0 Å². The molecule has 1 aromatic heterocycles. The lowest BCUT2D eigenvalue weighted by molar-refractivity contribution is 0.573. The lowest BCUT2D eigenvalue weighted by Gasteiger charge is -2.07. The van der Waals surface area contributed by atoms with Gasteiger partial charge in [0, 0.05) is 6.07 Å². The van der Waals surface area contributed by atoms with Crippen LogP contribution in [0.15, 0.2) is 16.6 Å². The Hall–Kier alpha value is -0.940. The SMILES string of the molecule is CCNC(C)c1nc2cc(Br)c(F)cc2[nH]1. The van der Waals surface area contributed by atoms with Crippen LogP contribution >= 0.6 is 15.9 Å². The average Bonchev–Trinajstić information content (AvgIpc) is 2.62. The van der Waals surface area contributed by atoms with Gasteiger partial charge in [-0.2, -0.15) is 0 Å². The summed E-state index contributed by atoms with van der Waals surface area (Å²) < 4.78 is 13.7. The van der Waals surface area contributed by atoms with Crippen LogP contribution in [0.4, 0.5) is 4.39 Å². The van der Waals surface area contributed by atoms with Gasteiger partial charge >= 0.3 is 0 Å². The van der Waals surface area contributed by atoms with Crippen molar-refractivity contribution >= 4 is 27.0 Å². The first-order valence-corrected chi connectivity index (χ1v) is 5.99. The molecule has 0 saturated carbocycles. The van der Waals surface area contributed by atoms with Gasteiger partial charge in [-0.05, 0) is 35.5 Å². The number of fused-ring (bicyclic) bond motifs is 1. The summed E-state index contributed by atoms with van der Waals surface area (Å²) in [6, 6.07) is 3.28. The molecule has 0 spiro atoms. The van der Waals surface area contributed by atoms with Crippen LogP contribution in [0.25, 0.3) is 11.0 Å². The maximum absolute atomic E-state index is 13.3. The van der Waals surface area contributed by atoms with Gasteiger partial charge in [0.15, 0.2) is 0 Å². The van der Waals surface area contributed by atoms with E-state index in [0.29, 0.717) is 4.47 Å². The van der Waals surface area contributed by atoms with E-state index in [2.05, 4.69) is 31.2 Å². The van der Waals surface area contributed by atoms with Gasteiger partial charge in [-0.1, -0.05) is 6.92 Å². The zero-order valence-electron chi connectivity index (χ0n) is 9.14. The van der Waals surface area contributed by atoms with Crippen molar-refractivity contribution < 1.29 is 4.39 Å². The number of aromatic nitrogens is 2. The largest absolute Gasteiger partial charge is 0.341 e. The second-order valence-electron chi connectivity index (χ2n) is 3.68. The van der Waals surface area contributed by atoms with E-state index in [-0.39, 0.29) is 11.9 Å². The summed E-state index contributed by atoms with van der Waals surface area (Å²) in [5, 5.41) is 3.25. The molecule has 0 saturated heterocycles. The predicted molar refractivity (Wildman–Crippen MR) is 65.8 cm³/mol. The maximum atomic E-state index is 13.3. The summed E-state index contributed by atoms with van der Waals surface area (Å²) >= 11 is 3.15. The van der Waals surface area contributed by atoms with Crippen molar-refractivity contribution in [3.8, 4) is 0 Å². The number of nitrogens with one attached hydrogen (secondary N) is 2. The highest BCUT2D eigenvalue weighted by molar-refractivity contribution is 9.10. The third-order valence-corrected chi connectivity index (χ3v) is 3.07. The molecule has 0 fully saturated rings. The van der Waals surface area contributed by atoms with Gasteiger partial charge in [0.2, 0.25) is 0 Å². The van der Waals surface area contributed by atoms with E-state index in [4.69, 9.17) is 0 Å². The molecule has 1 heterocycles. The lowest BCUT2D eigenvalue weighted by Crippen LogP contribution is -2.18. The molecule has 2 N–H and O–H groups in total. The van der Waals surface area contributed by atoms with Crippen LogP contribution in [-0.4, -0.2) is 16.5 Å². The van der Waals surface area contributed by atoms with Crippen LogP contribution in [0.5, 0.6) is 0 Å². The van der Waals surface area contributed by atoms with E-state index in [0.717, 1.165) is 23.4 Å². The van der Waals surface area contributed by atoms with Crippen molar-refractivity contribution in [2.45, 2.75) is 19.9 Å². The Morgan fingerprint density at radius 1 is 1.56 bits per heavy atom. The van der Waals surface area contributed by atoms with Crippen molar-refractivity contribution in [3.63, 3.8) is 0 Å². The highest BCUT2D eigenvalue weighted by Crippen LogP contribution is 2.23. The minimum absolute atomic E-state index is 0.138. The summed E-state index contributed by atoms with van der Waals surface area (Å²) in [7, 11) is 0. The van der Waals surface area contributed by atoms with Crippen LogP contribution < -0.4 is 5.32 Å². The molecule has 16 heavy (non-hydrogen) atoms. The zero-order valence-corrected chi connectivity index (χ0v) is 10.7. The van der Waals surface area contributed by atoms with Crippen molar-refractivity contribution in [2.24, 2.45) is 0 Å². The molecule has 5 heteroatoms. The Kier molecular flexibility index (Phi) is 3.25. The second kappa shape index (κ2) is 4.51. The monoisotopic (exact) mass is 285 g/mol. The molecule has 0 radical (unpaired) electrons. The summed E-state index contributed by atoms with van der Waals surface area (Å²) in [5.74, 6) is 0.549. The highest BCUT2D eigenvalue weighted by atomic mass is 79.9. The summed E-state index contributed by atoms with van der Waals surface area (Å²) in [6.07, 6.45) is 0. The Bertz CT molecular complexity index is 470. The summed E-state index contributed by atoms with van der Waals surface area (Å²) in [5.41, 5.74) is 1.49. The molecule has 2 rings (SSSR count). The van der Waals surface area contributed by atoms with Crippen molar-refractivity contribution in [1.82, 2.24) is 15.3 Å². The predicted octanol–water partition coefficient (Wildman–Crippen LogP) is 3.14. The molecule has 0 amide bonds. The first kappa shape index (κ1) is 11.5. The molecule has 2 aromatic rings. The number of hydrogen-bond acceptors (Lipinski definition) is 2. The second-order valence-corrected chi connectivity index (χ2v) is 4.54. The molecule has 0 aliphatic carbocycles. The standard InChI is InChI=1S/C11H13BrFN3/c1-3-14-6(2)11-15-9-4-7(12)8(13)5-10(9)16-11/h4-6,14H,3H2,1-2H3,(H,15,16). The van der Waals surface area contributed by atoms with Gasteiger partial charge in [0.25, 0.3) is 0 Å². The maximum Gasteiger partial charge on any atom is 0.139 e. The number of nitrogens with zero attached hydrogens (tertiary/aromatic N) is 1. The number of aromatic amines is 1. The van der Waals surface area contributed by atoms with E-state index in [1.807, 2.05) is 13.8 Å². The molecule has 1 unspecified atom stereocenters. The Morgan fingerprint density at radius 3 is 3.00 bits per heavy atom. The quantitative estimate of drug-likeness (QED) is 0.910. The van der Waals surface area contributed by atoms with Crippen molar-refractivity contribution in [1.29, 1.82) is 0 Å². The van der Waals surface area contributed by atoms with Crippen LogP contribution in [0.1, 0.15) is 25.7 Å². The molecule has 0 aliphatic heterocycles. The first-order chi connectivity index (χ1) is 7.61. The van der Waals surface area contributed by atoms with E-state index >= 15 is 0 Å². The van der Waals surface area contributed by atoms with Crippen LogP contribution in [0, 0.1) is 5.82 Å². The molecule has 0 aliphatic rings. The molecule has 3 nitrogen and oxygen atoms in total.